The Hall–Kier alpha value is -1.94. The van der Waals surface area contributed by atoms with Crippen molar-refractivity contribution in [1.82, 2.24) is 4.98 Å². The molecule has 0 aliphatic rings. The Morgan fingerprint density at radius 2 is 2.06 bits per heavy atom. The Morgan fingerprint density at radius 1 is 1.29 bits per heavy atom. The van der Waals surface area contributed by atoms with Crippen LogP contribution in [0.1, 0.15) is 19.5 Å². The second kappa shape index (κ2) is 4.93. The lowest BCUT2D eigenvalue weighted by molar-refractivity contribution is -0.0837. The maximum absolute atomic E-state index is 8.97. The first-order valence-electron chi connectivity index (χ1n) is 5.41. The fourth-order valence-electron chi connectivity index (χ4n) is 1.47. The van der Waals surface area contributed by atoms with E-state index >= 15 is 0 Å². The van der Waals surface area contributed by atoms with Gasteiger partial charge in [0.1, 0.15) is 5.71 Å². The summed E-state index contributed by atoms with van der Waals surface area (Å²) in [6.07, 6.45) is -0.912. The smallest absolute Gasteiger partial charge is 0.221 e. The van der Waals surface area contributed by atoms with Crippen LogP contribution in [-0.4, -0.2) is 22.1 Å². The number of nitrogens with zero attached hydrogens (tertiary/aromatic N) is 2. The molecule has 1 unspecified atom stereocenters. The number of benzene rings is 1. The molecule has 1 atom stereocenters. The van der Waals surface area contributed by atoms with Gasteiger partial charge in [-0.15, -0.1) is 0 Å². The number of rotatable bonds is 3. The molecule has 0 spiro atoms. The number of pyridine rings is 1. The number of aliphatic hydroxyl groups excluding tert-OH is 1. The Bertz CT molecular complexity index is 550. The van der Waals surface area contributed by atoms with Gasteiger partial charge >= 0.3 is 0 Å². The highest BCUT2D eigenvalue weighted by molar-refractivity contribution is 5.98. The Balaban J connectivity index is 2.33. The normalized spacial score (nSPS) is 13.7. The van der Waals surface area contributed by atoms with Crippen LogP contribution in [0.2, 0.25) is 0 Å². The number of fused-ring (bicyclic) bond motifs is 1. The largest absolute Gasteiger partial charge is 0.364 e. The lowest BCUT2D eigenvalue weighted by Gasteiger charge is -2.04. The SMILES string of the molecule is CC(=NOC(C)O)c1ccc2ccccc2n1. The summed E-state index contributed by atoms with van der Waals surface area (Å²) in [5, 5.41) is 13.9. The van der Waals surface area contributed by atoms with Crippen LogP contribution in [-0.2, 0) is 4.84 Å². The first kappa shape index (κ1) is 11.5. The van der Waals surface area contributed by atoms with E-state index in [1.165, 1.54) is 6.92 Å². The predicted octanol–water partition coefficient (Wildman–Crippen LogP) is 2.31. The quantitative estimate of drug-likeness (QED) is 0.500. The Labute approximate surface area is 99.5 Å². The molecule has 0 aliphatic heterocycles. The van der Waals surface area contributed by atoms with Crippen molar-refractivity contribution in [3.63, 3.8) is 0 Å². The van der Waals surface area contributed by atoms with Gasteiger partial charge in [0.05, 0.1) is 11.2 Å². The second-order valence-corrected chi connectivity index (χ2v) is 3.77. The fraction of sp³-hybridized carbons (Fsp3) is 0.231. The molecule has 0 saturated heterocycles. The molecule has 17 heavy (non-hydrogen) atoms. The molecule has 88 valence electrons. The molecule has 1 aromatic carbocycles. The minimum atomic E-state index is -0.912. The molecule has 1 N–H and O–H groups in total. The average Bonchev–Trinajstić information content (AvgIpc) is 2.35. The van der Waals surface area contributed by atoms with E-state index in [1.54, 1.807) is 6.92 Å². The van der Waals surface area contributed by atoms with Crippen LogP contribution in [0.25, 0.3) is 10.9 Å². The summed E-state index contributed by atoms with van der Waals surface area (Å²) in [5.41, 5.74) is 2.29. The first-order valence-corrected chi connectivity index (χ1v) is 5.41. The van der Waals surface area contributed by atoms with Crippen LogP contribution in [0.4, 0.5) is 0 Å². The molecular formula is C13H14N2O2. The summed E-state index contributed by atoms with van der Waals surface area (Å²) in [6, 6.07) is 11.7. The van der Waals surface area contributed by atoms with Gasteiger partial charge in [0, 0.05) is 12.3 Å². The van der Waals surface area contributed by atoms with Crippen molar-refractivity contribution in [3.8, 4) is 0 Å². The van der Waals surface area contributed by atoms with E-state index in [4.69, 9.17) is 9.94 Å². The van der Waals surface area contributed by atoms with E-state index in [9.17, 15) is 0 Å². The monoisotopic (exact) mass is 230 g/mol. The van der Waals surface area contributed by atoms with Crippen LogP contribution in [0.3, 0.4) is 0 Å². The van der Waals surface area contributed by atoms with Gasteiger partial charge in [-0.05, 0) is 19.1 Å². The summed E-state index contributed by atoms with van der Waals surface area (Å²) < 4.78 is 0. The molecule has 0 aliphatic carbocycles. The molecule has 0 amide bonds. The van der Waals surface area contributed by atoms with Gasteiger partial charge in [-0.3, -0.25) is 0 Å². The van der Waals surface area contributed by atoms with Crippen LogP contribution in [0.15, 0.2) is 41.6 Å². The first-order chi connectivity index (χ1) is 8.16. The molecule has 0 saturated carbocycles. The average molecular weight is 230 g/mol. The maximum Gasteiger partial charge on any atom is 0.221 e. The van der Waals surface area contributed by atoms with Gasteiger partial charge in [-0.1, -0.05) is 29.4 Å². The van der Waals surface area contributed by atoms with Crippen molar-refractivity contribution >= 4 is 16.6 Å². The zero-order valence-corrected chi connectivity index (χ0v) is 9.79. The molecule has 4 heteroatoms. The molecule has 1 aromatic heterocycles. The second-order valence-electron chi connectivity index (χ2n) is 3.77. The molecular weight excluding hydrogens is 216 g/mol. The van der Waals surface area contributed by atoms with Crippen molar-refractivity contribution in [2.45, 2.75) is 20.1 Å². The molecule has 0 radical (unpaired) electrons. The lowest BCUT2D eigenvalue weighted by atomic mass is 10.2. The topological polar surface area (TPSA) is 54.7 Å². The zero-order chi connectivity index (χ0) is 12.3. The highest BCUT2D eigenvalue weighted by Gasteiger charge is 2.02. The van der Waals surface area contributed by atoms with Crippen molar-refractivity contribution in [1.29, 1.82) is 0 Å². The molecule has 4 nitrogen and oxygen atoms in total. The zero-order valence-electron chi connectivity index (χ0n) is 9.79. The van der Waals surface area contributed by atoms with E-state index in [-0.39, 0.29) is 0 Å². The molecule has 0 bridgehead atoms. The molecule has 2 rings (SSSR count). The van der Waals surface area contributed by atoms with E-state index < -0.39 is 6.29 Å². The molecule has 2 aromatic rings. The lowest BCUT2D eigenvalue weighted by Crippen LogP contribution is -2.05. The minimum absolute atomic E-state index is 0.636. The number of oxime groups is 1. The van der Waals surface area contributed by atoms with Gasteiger partial charge < -0.3 is 9.94 Å². The Kier molecular flexibility index (Phi) is 3.35. The minimum Gasteiger partial charge on any atom is -0.364 e. The highest BCUT2D eigenvalue weighted by atomic mass is 16.7. The third-order valence-corrected chi connectivity index (χ3v) is 2.31. The summed E-state index contributed by atoms with van der Waals surface area (Å²) in [4.78, 5) is 9.23. The third kappa shape index (κ3) is 2.79. The van der Waals surface area contributed by atoms with Crippen molar-refractivity contribution in [2.75, 3.05) is 0 Å². The van der Waals surface area contributed by atoms with Gasteiger partial charge in [-0.2, -0.15) is 0 Å². The molecule has 0 fully saturated rings. The van der Waals surface area contributed by atoms with E-state index in [0.717, 1.165) is 16.6 Å². The van der Waals surface area contributed by atoms with Gasteiger partial charge in [-0.25, -0.2) is 4.98 Å². The standard InChI is InChI=1S/C13H14N2O2/c1-9(15-17-10(2)16)12-8-7-11-5-3-4-6-13(11)14-12/h3-8,10,16H,1-2H3. The van der Waals surface area contributed by atoms with Crippen LogP contribution >= 0.6 is 0 Å². The number of para-hydroxylation sites is 1. The van der Waals surface area contributed by atoms with Crippen LogP contribution in [0, 0.1) is 0 Å². The number of aromatic nitrogens is 1. The van der Waals surface area contributed by atoms with Gasteiger partial charge in [0.2, 0.25) is 6.29 Å². The fourth-order valence-corrected chi connectivity index (χ4v) is 1.47. The van der Waals surface area contributed by atoms with Gasteiger partial charge in [0.25, 0.3) is 0 Å². The number of hydrogen-bond acceptors (Lipinski definition) is 4. The number of aliphatic hydroxyl groups is 1. The summed E-state index contributed by atoms with van der Waals surface area (Å²) in [5.74, 6) is 0. The van der Waals surface area contributed by atoms with Crippen molar-refractivity contribution in [2.24, 2.45) is 5.16 Å². The van der Waals surface area contributed by atoms with E-state index in [1.807, 2.05) is 36.4 Å². The highest BCUT2D eigenvalue weighted by Crippen LogP contribution is 2.12. The molecule has 1 heterocycles. The van der Waals surface area contributed by atoms with Crippen molar-refractivity contribution < 1.29 is 9.94 Å². The predicted molar refractivity (Wildman–Crippen MR) is 66.7 cm³/mol. The summed E-state index contributed by atoms with van der Waals surface area (Å²) >= 11 is 0. The van der Waals surface area contributed by atoms with Crippen LogP contribution < -0.4 is 0 Å². The van der Waals surface area contributed by atoms with E-state index in [0.29, 0.717) is 5.71 Å². The third-order valence-electron chi connectivity index (χ3n) is 2.31. The van der Waals surface area contributed by atoms with Gasteiger partial charge in [0.15, 0.2) is 0 Å². The Morgan fingerprint density at radius 3 is 2.82 bits per heavy atom. The van der Waals surface area contributed by atoms with E-state index in [2.05, 4.69) is 10.1 Å². The van der Waals surface area contributed by atoms with Crippen molar-refractivity contribution in [3.05, 3.63) is 42.1 Å². The maximum atomic E-state index is 8.97. The van der Waals surface area contributed by atoms with Crippen LogP contribution in [0.5, 0.6) is 0 Å². The number of hydrogen-bond donors (Lipinski definition) is 1. The summed E-state index contributed by atoms with van der Waals surface area (Å²) in [7, 11) is 0. The summed E-state index contributed by atoms with van der Waals surface area (Å²) in [6.45, 7) is 3.30.